The van der Waals surface area contributed by atoms with Crippen LogP contribution in [0.4, 0.5) is 13.2 Å². The Hall–Kier alpha value is -2.05. The summed E-state index contributed by atoms with van der Waals surface area (Å²) in [5.41, 5.74) is -0.397. The van der Waals surface area contributed by atoms with Crippen LogP contribution in [-0.4, -0.2) is 17.0 Å². The smallest absolute Gasteiger partial charge is 0.416 e. The van der Waals surface area contributed by atoms with Crippen molar-refractivity contribution in [2.45, 2.75) is 38.4 Å². The molecule has 1 aromatic carbocycles. The summed E-state index contributed by atoms with van der Waals surface area (Å²) in [5.74, 6) is -2.11. The number of carboxylic acid groups (broad SMARTS) is 1. The Labute approximate surface area is 131 Å². The van der Waals surface area contributed by atoms with Crippen molar-refractivity contribution in [2.24, 2.45) is 11.8 Å². The topological polar surface area (TPSA) is 66.4 Å². The van der Waals surface area contributed by atoms with Gasteiger partial charge in [0.15, 0.2) is 0 Å². The minimum atomic E-state index is -4.42. The van der Waals surface area contributed by atoms with Gasteiger partial charge in [0.1, 0.15) is 0 Å². The number of halogens is 3. The molecule has 0 radical (unpaired) electrons. The van der Waals surface area contributed by atoms with E-state index in [1.165, 1.54) is 12.1 Å². The number of carbonyl (C=O) groups excluding carboxylic acids is 1. The fourth-order valence-electron chi connectivity index (χ4n) is 2.84. The van der Waals surface area contributed by atoms with Gasteiger partial charge in [-0.2, -0.15) is 13.2 Å². The highest BCUT2D eigenvalue weighted by Gasteiger charge is 2.32. The summed E-state index contributed by atoms with van der Waals surface area (Å²) in [4.78, 5) is 23.1. The summed E-state index contributed by atoms with van der Waals surface area (Å²) in [6.07, 6.45) is -2.30. The molecule has 0 heterocycles. The largest absolute Gasteiger partial charge is 0.481 e. The number of alkyl halides is 3. The summed E-state index contributed by atoms with van der Waals surface area (Å²) in [5, 5.41) is 11.6. The maximum Gasteiger partial charge on any atom is 0.416 e. The minimum Gasteiger partial charge on any atom is -0.481 e. The van der Waals surface area contributed by atoms with Gasteiger partial charge in [0.25, 0.3) is 0 Å². The van der Waals surface area contributed by atoms with Crippen molar-refractivity contribution in [3.05, 3.63) is 35.4 Å². The van der Waals surface area contributed by atoms with Crippen LogP contribution in [0.1, 0.15) is 36.8 Å². The van der Waals surface area contributed by atoms with E-state index >= 15 is 0 Å². The molecule has 0 spiro atoms. The van der Waals surface area contributed by atoms with E-state index < -0.39 is 29.5 Å². The summed E-state index contributed by atoms with van der Waals surface area (Å²) in [6.45, 7) is -0.00298. The van der Waals surface area contributed by atoms with Crippen LogP contribution in [0.15, 0.2) is 24.3 Å². The van der Waals surface area contributed by atoms with Crippen LogP contribution in [0.2, 0.25) is 0 Å². The van der Waals surface area contributed by atoms with E-state index in [1.54, 1.807) is 0 Å². The first-order valence-corrected chi connectivity index (χ1v) is 7.44. The van der Waals surface area contributed by atoms with Crippen LogP contribution >= 0.6 is 0 Å². The number of hydrogen-bond donors (Lipinski definition) is 2. The van der Waals surface area contributed by atoms with E-state index in [1.807, 2.05) is 0 Å². The van der Waals surface area contributed by atoms with Crippen molar-refractivity contribution >= 4 is 11.9 Å². The lowest BCUT2D eigenvalue weighted by molar-refractivity contribution is -0.144. The lowest BCUT2D eigenvalue weighted by Crippen LogP contribution is -2.35. The number of carbonyl (C=O) groups is 2. The van der Waals surface area contributed by atoms with Gasteiger partial charge in [0, 0.05) is 12.5 Å². The van der Waals surface area contributed by atoms with Crippen molar-refractivity contribution in [1.29, 1.82) is 0 Å². The summed E-state index contributed by atoms with van der Waals surface area (Å²) >= 11 is 0. The van der Waals surface area contributed by atoms with Gasteiger partial charge in [0.2, 0.25) is 5.91 Å². The van der Waals surface area contributed by atoms with Crippen LogP contribution < -0.4 is 5.32 Å². The van der Waals surface area contributed by atoms with Crippen LogP contribution in [-0.2, 0) is 22.3 Å². The van der Waals surface area contributed by atoms with Gasteiger partial charge in [-0.3, -0.25) is 9.59 Å². The molecule has 2 rings (SSSR count). The van der Waals surface area contributed by atoms with Gasteiger partial charge in [-0.1, -0.05) is 18.6 Å². The highest BCUT2D eigenvalue weighted by molar-refractivity contribution is 5.80. The lowest BCUT2D eigenvalue weighted by Gasteiger charge is -2.25. The van der Waals surface area contributed by atoms with Crippen molar-refractivity contribution in [2.75, 3.05) is 0 Å². The molecule has 1 aliphatic rings. The predicted molar refractivity (Wildman–Crippen MR) is 76.4 cm³/mol. The molecule has 1 aliphatic carbocycles. The van der Waals surface area contributed by atoms with Gasteiger partial charge >= 0.3 is 12.1 Å². The molecule has 2 atom stereocenters. The van der Waals surface area contributed by atoms with E-state index in [2.05, 4.69) is 5.32 Å². The Morgan fingerprint density at radius 3 is 2.57 bits per heavy atom. The minimum absolute atomic E-state index is 0.00298. The van der Waals surface area contributed by atoms with Crippen molar-refractivity contribution in [1.82, 2.24) is 5.32 Å². The van der Waals surface area contributed by atoms with E-state index in [4.69, 9.17) is 5.11 Å². The average molecular weight is 329 g/mol. The standard InChI is InChI=1S/C16H18F3NO3/c17-16(18,19)13-6-1-3-10(7-13)9-20-14(21)11-4-2-5-12(8-11)15(22)23/h1,3,6-7,11-12H,2,4-5,8-9H2,(H,20,21)(H,22,23). The van der Waals surface area contributed by atoms with Crippen LogP contribution in [0.3, 0.4) is 0 Å². The first kappa shape index (κ1) is 17.3. The van der Waals surface area contributed by atoms with Crippen molar-refractivity contribution in [3.63, 3.8) is 0 Å². The van der Waals surface area contributed by atoms with Gasteiger partial charge in [-0.05, 0) is 37.0 Å². The van der Waals surface area contributed by atoms with Gasteiger partial charge in [-0.15, -0.1) is 0 Å². The van der Waals surface area contributed by atoms with Gasteiger partial charge in [0.05, 0.1) is 11.5 Å². The Bertz CT molecular complexity index is 586. The molecular weight excluding hydrogens is 311 g/mol. The van der Waals surface area contributed by atoms with Crippen molar-refractivity contribution < 1.29 is 27.9 Å². The summed E-state index contributed by atoms with van der Waals surface area (Å²) in [6, 6.07) is 4.78. The molecule has 1 fully saturated rings. The normalized spacial score (nSPS) is 21.7. The number of nitrogens with one attached hydrogen (secondary N) is 1. The molecular formula is C16H18F3NO3. The SMILES string of the molecule is O=C(O)C1CCCC(C(=O)NCc2cccc(C(F)(F)F)c2)C1. The van der Waals surface area contributed by atoms with Crippen LogP contribution in [0, 0.1) is 11.8 Å². The number of carboxylic acids is 1. The Morgan fingerprint density at radius 2 is 1.91 bits per heavy atom. The molecule has 1 saturated carbocycles. The van der Waals surface area contributed by atoms with E-state index in [0.29, 0.717) is 24.8 Å². The maximum atomic E-state index is 12.6. The second-order valence-electron chi connectivity index (χ2n) is 5.81. The van der Waals surface area contributed by atoms with Crippen LogP contribution in [0.25, 0.3) is 0 Å². The van der Waals surface area contributed by atoms with E-state index in [-0.39, 0.29) is 18.9 Å². The van der Waals surface area contributed by atoms with Gasteiger partial charge < -0.3 is 10.4 Å². The zero-order chi connectivity index (χ0) is 17.0. The van der Waals surface area contributed by atoms with E-state index in [0.717, 1.165) is 12.1 Å². The number of benzene rings is 1. The second kappa shape index (κ2) is 7.02. The fraction of sp³-hybridized carbons (Fsp3) is 0.500. The number of amides is 1. The fourth-order valence-corrected chi connectivity index (χ4v) is 2.84. The third-order valence-electron chi connectivity index (χ3n) is 4.12. The molecule has 2 N–H and O–H groups in total. The average Bonchev–Trinajstić information content (AvgIpc) is 2.52. The first-order valence-electron chi connectivity index (χ1n) is 7.44. The molecule has 2 unspecified atom stereocenters. The van der Waals surface area contributed by atoms with E-state index in [9.17, 15) is 22.8 Å². The number of aliphatic carboxylic acids is 1. The first-order chi connectivity index (χ1) is 10.8. The zero-order valence-electron chi connectivity index (χ0n) is 12.4. The maximum absolute atomic E-state index is 12.6. The number of rotatable bonds is 4. The molecule has 0 aromatic heterocycles. The molecule has 1 aromatic rings. The predicted octanol–water partition coefficient (Wildman–Crippen LogP) is 3.21. The molecule has 4 nitrogen and oxygen atoms in total. The van der Waals surface area contributed by atoms with Crippen LogP contribution in [0.5, 0.6) is 0 Å². The highest BCUT2D eigenvalue weighted by Crippen LogP contribution is 2.30. The highest BCUT2D eigenvalue weighted by atomic mass is 19.4. The number of hydrogen-bond acceptors (Lipinski definition) is 2. The summed E-state index contributed by atoms with van der Waals surface area (Å²) < 4.78 is 37.9. The Balaban J connectivity index is 1.93. The molecule has 7 heteroatoms. The third kappa shape index (κ3) is 4.71. The molecule has 0 aliphatic heterocycles. The molecule has 23 heavy (non-hydrogen) atoms. The third-order valence-corrected chi connectivity index (χ3v) is 4.12. The monoisotopic (exact) mass is 329 g/mol. The quantitative estimate of drug-likeness (QED) is 0.891. The summed E-state index contributed by atoms with van der Waals surface area (Å²) in [7, 11) is 0. The van der Waals surface area contributed by atoms with Crippen molar-refractivity contribution in [3.8, 4) is 0 Å². The molecule has 1 amide bonds. The second-order valence-corrected chi connectivity index (χ2v) is 5.81. The Kier molecular flexibility index (Phi) is 5.28. The molecule has 126 valence electrons. The molecule has 0 saturated heterocycles. The zero-order valence-corrected chi connectivity index (χ0v) is 12.4. The lowest BCUT2D eigenvalue weighted by atomic mass is 9.81. The Morgan fingerprint density at radius 1 is 1.22 bits per heavy atom. The van der Waals surface area contributed by atoms with Gasteiger partial charge in [-0.25, -0.2) is 0 Å². The molecule has 0 bridgehead atoms.